The third kappa shape index (κ3) is 3.24. The minimum absolute atomic E-state index is 0.234. The quantitative estimate of drug-likeness (QED) is 0.836. The van der Waals surface area contributed by atoms with E-state index in [1.807, 2.05) is 0 Å². The Morgan fingerprint density at radius 3 is 2.50 bits per heavy atom. The summed E-state index contributed by atoms with van der Waals surface area (Å²) in [5.74, 6) is 0. The summed E-state index contributed by atoms with van der Waals surface area (Å²) in [6, 6.07) is 3.18. The van der Waals surface area contributed by atoms with Crippen LogP contribution >= 0.6 is 0 Å². The highest BCUT2D eigenvalue weighted by Crippen LogP contribution is 2.33. The third-order valence-corrected chi connectivity index (χ3v) is 4.62. The van der Waals surface area contributed by atoms with Crippen LogP contribution in [-0.4, -0.2) is 36.1 Å². The van der Waals surface area contributed by atoms with Crippen LogP contribution in [0, 0.1) is 11.3 Å². The number of rotatable bonds is 3. The molecule has 1 saturated heterocycles. The molecular formula is C15H27N3. The molecule has 0 aromatic carbocycles. The monoisotopic (exact) mass is 249 g/mol. The Balaban J connectivity index is 1.92. The summed E-state index contributed by atoms with van der Waals surface area (Å²) in [6.45, 7) is 5.50. The van der Waals surface area contributed by atoms with E-state index in [-0.39, 0.29) is 5.54 Å². The van der Waals surface area contributed by atoms with Crippen molar-refractivity contribution in [1.29, 1.82) is 5.26 Å². The maximum absolute atomic E-state index is 9.43. The molecule has 1 heterocycles. The highest BCUT2D eigenvalue weighted by Gasteiger charge is 2.40. The SMILES string of the molecule is CCNC1(C#N)CCC(N2CCCCCCC2)C1. The van der Waals surface area contributed by atoms with Crippen LogP contribution in [0.4, 0.5) is 0 Å². The van der Waals surface area contributed by atoms with Crippen molar-refractivity contribution in [2.75, 3.05) is 19.6 Å². The van der Waals surface area contributed by atoms with Crippen LogP contribution in [0.1, 0.15) is 58.3 Å². The smallest absolute Gasteiger partial charge is 0.108 e. The largest absolute Gasteiger partial charge is 0.300 e. The van der Waals surface area contributed by atoms with E-state index in [9.17, 15) is 5.26 Å². The first kappa shape index (κ1) is 13.8. The number of nitrogens with zero attached hydrogens (tertiary/aromatic N) is 2. The molecule has 1 N–H and O–H groups in total. The molecule has 3 heteroatoms. The van der Waals surface area contributed by atoms with E-state index < -0.39 is 0 Å². The minimum Gasteiger partial charge on any atom is -0.300 e. The van der Waals surface area contributed by atoms with Crippen LogP contribution in [0.25, 0.3) is 0 Å². The molecule has 0 spiro atoms. The molecule has 2 atom stereocenters. The molecule has 18 heavy (non-hydrogen) atoms. The van der Waals surface area contributed by atoms with Crippen LogP contribution in [-0.2, 0) is 0 Å². The zero-order chi connectivity index (χ0) is 12.8. The maximum Gasteiger partial charge on any atom is 0.108 e. The molecular weight excluding hydrogens is 222 g/mol. The van der Waals surface area contributed by atoms with Crippen molar-refractivity contribution < 1.29 is 0 Å². The first-order valence-corrected chi connectivity index (χ1v) is 7.70. The Morgan fingerprint density at radius 2 is 1.89 bits per heavy atom. The van der Waals surface area contributed by atoms with Crippen molar-refractivity contribution in [3.8, 4) is 6.07 Å². The van der Waals surface area contributed by atoms with Crippen LogP contribution in [0.15, 0.2) is 0 Å². The molecule has 0 amide bonds. The highest BCUT2D eigenvalue weighted by atomic mass is 15.2. The van der Waals surface area contributed by atoms with Gasteiger partial charge in [-0.1, -0.05) is 26.2 Å². The Hall–Kier alpha value is -0.590. The van der Waals surface area contributed by atoms with Gasteiger partial charge in [0.1, 0.15) is 5.54 Å². The molecule has 0 aromatic rings. The van der Waals surface area contributed by atoms with Gasteiger partial charge in [0.15, 0.2) is 0 Å². The Morgan fingerprint density at radius 1 is 1.22 bits per heavy atom. The van der Waals surface area contributed by atoms with Gasteiger partial charge in [0, 0.05) is 6.04 Å². The van der Waals surface area contributed by atoms with Crippen molar-refractivity contribution in [1.82, 2.24) is 10.2 Å². The fourth-order valence-electron chi connectivity index (χ4n) is 3.61. The Bertz CT molecular complexity index is 289. The molecule has 102 valence electrons. The summed E-state index contributed by atoms with van der Waals surface area (Å²) < 4.78 is 0. The zero-order valence-electron chi connectivity index (χ0n) is 11.7. The average molecular weight is 249 g/mol. The van der Waals surface area contributed by atoms with Gasteiger partial charge < -0.3 is 4.90 Å². The highest BCUT2D eigenvalue weighted by molar-refractivity contribution is 5.13. The second-order valence-corrected chi connectivity index (χ2v) is 5.92. The van der Waals surface area contributed by atoms with Crippen LogP contribution in [0.5, 0.6) is 0 Å². The topological polar surface area (TPSA) is 39.1 Å². The fourth-order valence-corrected chi connectivity index (χ4v) is 3.61. The van der Waals surface area contributed by atoms with E-state index in [2.05, 4.69) is 23.2 Å². The third-order valence-electron chi connectivity index (χ3n) is 4.62. The van der Waals surface area contributed by atoms with Gasteiger partial charge in [0.25, 0.3) is 0 Å². The number of nitriles is 1. The van der Waals surface area contributed by atoms with Crippen molar-refractivity contribution in [2.45, 2.75) is 69.9 Å². The van der Waals surface area contributed by atoms with Gasteiger partial charge in [-0.3, -0.25) is 5.32 Å². The molecule has 0 bridgehead atoms. The second kappa shape index (κ2) is 6.54. The molecule has 2 fully saturated rings. The van der Waals surface area contributed by atoms with E-state index in [0.29, 0.717) is 6.04 Å². The first-order valence-electron chi connectivity index (χ1n) is 7.70. The van der Waals surface area contributed by atoms with E-state index >= 15 is 0 Å². The van der Waals surface area contributed by atoms with Crippen molar-refractivity contribution in [3.05, 3.63) is 0 Å². The maximum atomic E-state index is 9.43. The van der Waals surface area contributed by atoms with Crippen molar-refractivity contribution in [2.24, 2.45) is 0 Å². The average Bonchev–Trinajstić information content (AvgIpc) is 2.74. The predicted octanol–water partition coefficient (Wildman–Crippen LogP) is 2.68. The molecule has 2 unspecified atom stereocenters. The van der Waals surface area contributed by atoms with Gasteiger partial charge in [-0.05, 0) is 51.7 Å². The lowest BCUT2D eigenvalue weighted by Crippen LogP contribution is -2.44. The minimum atomic E-state index is -0.234. The number of likely N-dealkylation sites (tertiary alicyclic amines) is 1. The normalized spacial score (nSPS) is 34.8. The number of hydrogen-bond acceptors (Lipinski definition) is 3. The van der Waals surface area contributed by atoms with Crippen molar-refractivity contribution in [3.63, 3.8) is 0 Å². The Labute approximate surface area is 112 Å². The predicted molar refractivity (Wildman–Crippen MR) is 74.3 cm³/mol. The lowest BCUT2D eigenvalue weighted by atomic mass is 9.99. The zero-order valence-corrected chi connectivity index (χ0v) is 11.7. The lowest BCUT2D eigenvalue weighted by Gasteiger charge is -2.31. The van der Waals surface area contributed by atoms with E-state index in [1.54, 1.807) is 0 Å². The molecule has 0 aromatic heterocycles. The lowest BCUT2D eigenvalue weighted by molar-refractivity contribution is 0.176. The van der Waals surface area contributed by atoms with E-state index in [0.717, 1.165) is 19.4 Å². The summed E-state index contributed by atoms with van der Waals surface area (Å²) in [5.41, 5.74) is -0.234. The second-order valence-electron chi connectivity index (χ2n) is 5.92. The molecule has 1 saturated carbocycles. The molecule has 1 aliphatic carbocycles. The van der Waals surface area contributed by atoms with Gasteiger partial charge in [-0.25, -0.2) is 0 Å². The van der Waals surface area contributed by atoms with Gasteiger partial charge >= 0.3 is 0 Å². The van der Waals surface area contributed by atoms with Crippen LogP contribution in [0.2, 0.25) is 0 Å². The summed E-state index contributed by atoms with van der Waals surface area (Å²) >= 11 is 0. The number of nitrogens with one attached hydrogen (secondary N) is 1. The summed E-state index contributed by atoms with van der Waals surface area (Å²) in [6.07, 6.45) is 10.1. The standard InChI is InChI=1S/C15H27N3/c1-2-17-15(13-16)9-8-14(12-15)18-10-6-4-3-5-7-11-18/h14,17H,2-12H2,1H3. The van der Waals surface area contributed by atoms with Gasteiger partial charge in [-0.2, -0.15) is 5.26 Å². The summed E-state index contributed by atoms with van der Waals surface area (Å²) in [4.78, 5) is 2.66. The molecule has 2 aliphatic rings. The first-order chi connectivity index (χ1) is 8.79. The molecule has 2 rings (SSSR count). The van der Waals surface area contributed by atoms with E-state index in [4.69, 9.17) is 0 Å². The van der Waals surface area contributed by atoms with E-state index in [1.165, 1.54) is 51.6 Å². The Kier molecular flexibility index (Phi) is 5.03. The van der Waals surface area contributed by atoms with Crippen molar-refractivity contribution >= 4 is 0 Å². The summed E-state index contributed by atoms with van der Waals surface area (Å²) in [7, 11) is 0. The molecule has 1 aliphatic heterocycles. The van der Waals surface area contributed by atoms with Gasteiger partial charge in [-0.15, -0.1) is 0 Å². The van der Waals surface area contributed by atoms with Gasteiger partial charge in [0.05, 0.1) is 6.07 Å². The molecule has 3 nitrogen and oxygen atoms in total. The summed E-state index contributed by atoms with van der Waals surface area (Å²) in [5, 5.41) is 12.9. The molecule has 0 radical (unpaired) electrons. The number of hydrogen-bond donors (Lipinski definition) is 1. The van der Waals surface area contributed by atoms with Gasteiger partial charge in [0.2, 0.25) is 0 Å². The van der Waals surface area contributed by atoms with Crippen LogP contribution < -0.4 is 5.32 Å². The fraction of sp³-hybridized carbons (Fsp3) is 0.933. The van der Waals surface area contributed by atoms with Crippen LogP contribution in [0.3, 0.4) is 0 Å².